The van der Waals surface area contributed by atoms with Gasteiger partial charge in [-0.25, -0.2) is 0 Å². The number of aliphatic imine (C=N–C) groups is 1. The second kappa shape index (κ2) is 6.05. The first kappa shape index (κ1) is 16.7. The Kier molecular flexibility index (Phi) is 3.62. The van der Waals surface area contributed by atoms with Crippen molar-refractivity contribution in [3.63, 3.8) is 0 Å². The van der Waals surface area contributed by atoms with E-state index in [0.717, 1.165) is 29.0 Å². The summed E-state index contributed by atoms with van der Waals surface area (Å²) < 4.78 is 0. The first-order valence-electron chi connectivity index (χ1n) is 9.29. The molecular formula is C22H16N2O4. The highest BCUT2D eigenvalue weighted by Crippen LogP contribution is 2.48. The number of Topliss-reactive ketones (excluding diaryl/α,β-unsaturated/α-hetero) is 2. The maximum absolute atomic E-state index is 13.2. The van der Waals surface area contributed by atoms with E-state index in [-0.39, 0.29) is 17.3 Å². The fourth-order valence-electron chi connectivity index (χ4n) is 4.61. The molecule has 0 unspecified atom stereocenters. The summed E-state index contributed by atoms with van der Waals surface area (Å²) in [4.78, 5) is 41.4. The lowest BCUT2D eigenvalue weighted by Crippen LogP contribution is -2.33. The van der Waals surface area contributed by atoms with Gasteiger partial charge in [-0.2, -0.15) is 0 Å². The molecular weight excluding hydrogens is 356 g/mol. The number of hydrogen-bond donors (Lipinski definition) is 0. The minimum atomic E-state index is -0.556. The Bertz CT molecular complexity index is 1110. The van der Waals surface area contributed by atoms with Crippen LogP contribution in [0, 0.1) is 16.0 Å². The van der Waals surface area contributed by atoms with Crippen LogP contribution in [0.5, 0.6) is 0 Å². The van der Waals surface area contributed by atoms with Crippen molar-refractivity contribution in [1.82, 2.24) is 0 Å². The van der Waals surface area contributed by atoms with Crippen molar-refractivity contribution in [2.45, 2.75) is 25.2 Å². The number of nitro groups is 1. The Hall–Kier alpha value is -3.41. The summed E-state index contributed by atoms with van der Waals surface area (Å²) in [7, 11) is 0. The number of carbonyl (C=O) groups excluding carboxylic acids is 2. The quantitative estimate of drug-likeness (QED) is 0.589. The fraction of sp³-hybridized carbons (Fsp3) is 0.227. The van der Waals surface area contributed by atoms with Gasteiger partial charge in [0.2, 0.25) is 0 Å². The van der Waals surface area contributed by atoms with E-state index in [2.05, 4.69) is 0 Å². The second-order valence-electron chi connectivity index (χ2n) is 7.35. The van der Waals surface area contributed by atoms with Gasteiger partial charge in [0, 0.05) is 46.9 Å². The lowest BCUT2D eigenvalue weighted by atomic mass is 9.71. The monoisotopic (exact) mass is 372 g/mol. The van der Waals surface area contributed by atoms with Crippen molar-refractivity contribution in [3.05, 3.63) is 86.6 Å². The van der Waals surface area contributed by atoms with Crippen LogP contribution >= 0.6 is 0 Å². The predicted octanol–water partition coefficient (Wildman–Crippen LogP) is 4.00. The smallest absolute Gasteiger partial charge is 0.269 e. The molecule has 0 fully saturated rings. The number of nitro benzene ring substituents is 1. The van der Waals surface area contributed by atoms with Crippen LogP contribution in [0.4, 0.5) is 5.69 Å². The molecule has 0 radical (unpaired) electrons. The molecule has 0 amide bonds. The zero-order chi connectivity index (χ0) is 19.4. The summed E-state index contributed by atoms with van der Waals surface area (Å²) in [5.41, 5.74) is 4.27. The molecule has 5 rings (SSSR count). The topological polar surface area (TPSA) is 89.6 Å². The molecule has 0 aromatic heterocycles. The third kappa shape index (κ3) is 2.30. The average Bonchev–Trinajstić information content (AvgIpc) is 2.99. The van der Waals surface area contributed by atoms with Crippen LogP contribution in [0.3, 0.4) is 0 Å². The molecule has 2 aliphatic carbocycles. The number of allylic oxidation sites excluding steroid dienone is 2. The summed E-state index contributed by atoms with van der Waals surface area (Å²) in [6.07, 6.45) is 1.90. The summed E-state index contributed by atoms with van der Waals surface area (Å²) in [5.74, 6) is -1.02. The predicted molar refractivity (Wildman–Crippen MR) is 103 cm³/mol. The van der Waals surface area contributed by atoms with Gasteiger partial charge in [0.25, 0.3) is 5.69 Å². The van der Waals surface area contributed by atoms with Gasteiger partial charge in [-0.15, -0.1) is 0 Å². The minimum Gasteiger partial charge on any atom is -0.294 e. The Labute approximate surface area is 160 Å². The first-order valence-corrected chi connectivity index (χ1v) is 9.29. The number of non-ortho nitro benzene ring substituents is 1. The SMILES string of the molecule is O=C1CCCC2=C1[C@@H](c1ccc([N+](=O)[O-])cc1)[C@@H]1C(=O)c3ccccc3C1=N2. The van der Waals surface area contributed by atoms with Crippen molar-refractivity contribution in [3.8, 4) is 0 Å². The lowest BCUT2D eigenvalue weighted by Gasteiger charge is -2.33. The van der Waals surface area contributed by atoms with E-state index < -0.39 is 16.8 Å². The molecule has 2 aromatic rings. The number of nitrogens with zero attached hydrogens (tertiary/aromatic N) is 2. The molecule has 3 aliphatic rings. The Morgan fingerprint density at radius 2 is 1.64 bits per heavy atom. The lowest BCUT2D eigenvalue weighted by molar-refractivity contribution is -0.384. The van der Waals surface area contributed by atoms with Gasteiger partial charge in [-0.1, -0.05) is 36.4 Å². The van der Waals surface area contributed by atoms with Crippen molar-refractivity contribution in [2.75, 3.05) is 0 Å². The first-order chi connectivity index (χ1) is 13.6. The van der Waals surface area contributed by atoms with E-state index in [0.29, 0.717) is 24.0 Å². The van der Waals surface area contributed by atoms with Crippen LogP contribution < -0.4 is 0 Å². The van der Waals surface area contributed by atoms with Crippen molar-refractivity contribution < 1.29 is 14.5 Å². The summed E-state index contributed by atoms with van der Waals surface area (Å²) in [6.45, 7) is 0. The molecule has 0 saturated heterocycles. The highest BCUT2D eigenvalue weighted by atomic mass is 16.6. The Morgan fingerprint density at radius 3 is 2.36 bits per heavy atom. The van der Waals surface area contributed by atoms with E-state index in [9.17, 15) is 19.7 Å². The Morgan fingerprint density at radius 1 is 0.929 bits per heavy atom. The molecule has 0 bridgehead atoms. The highest BCUT2D eigenvalue weighted by Gasteiger charge is 2.48. The number of benzene rings is 2. The number of carbonyl (C=O) groups is 2. The largest absolute Gasteiger partial charge is 0.294 e. The standard InChI is InChI=1S/C22H16N2O4/c25-17-7-3-6-16-19(17)18(12-8-10-13(11-9-12)24(27)28)20-21(23-16)14-4-1-2-5-15(14)22(20)26/h1-2,4-5,8-11,18,20H,3,6-7H2/t18-,20+/m1/s1. The summed E-state index contributed by atoms with van der Waals surface area (Å²) >= 11 is 0. The molecule has 2 aromatic carbocycles. The molecule has 0 saturated carbocycles. The van der Waals surface area contributed by atoms with E-state index in [1.54, 1.807) is 18.2 Å². The number of hydrogen-bond acceptors (Lipinski definition) is 5. The van der Waals surface area contributed by atoms with Gasteiger partial charge in [0.05, 0.1) is 16.6 Å². The van der Waals surface area contributed by atoms with Gasteiger partial charge >= 0.3 is 0 Å². The molecule has 6 nitrogen and oxygen atoms in total. The van der Waals surface area contributed by atoms with Crippen molar-refractivity contribution in [1.29, 1.82) is 0 Å². The van der Waals surface area contributed by atoms with Crippen LogP contribution in [-0.2, 0) is 4.79 Å². The van der Waals surface area contributed by atoms with E-state index in [1.807, 2.05) is 18.2 Å². The fourth-order valence-corrected chi connectivity index (χ4v) is 4.61. The van der Waals surface area contributed by atoms with Crippen LogP contribution in [0.1, 0.15) is 46.7 Å². The normalized spacial score (nSPS) is 23.1. The van der Waals surface area contributed by atoms with Crippen LogP contribution in [0.15, 0.2) is 64.8 Å². The van der Waals surface area contributed by atoms with E-state index >= 15 is 0 Å². The second-order valence-corrected chi connectivity index (χ2v) is 7.35. The highest BCUT2D eigenvalue weighted by molar-refractivity contribution is 6.30. The number of ketones is 2. The summed E-state index contributed by atoms with van der Waals surface area (Å²) in [5, 5.41) is 11.0. The van der Waals surface area contributed by atoms with Crippen LogP contribution in [0.2, 0.25) is 0 Å². The molecule has 1 aliphatic heterocycles. The molecule has 6 heteroatoms. The maximum Gasteiger partial charge on any atom is 0.269 e. The van der Waals surface area contributed by atoms with Gasteiger partial charge in [-0.05, 0) is 18.4 Å². The maximum atomic E-state index is 13.2. The zero-order valence-electron chi connectivity index (χ0n) is 14.9. The summed E-state index contributed by atoms with van der Waals surface area (Å²) in [6, 6.07) is 13.6. The molecule has 0 spiro atoms. The van der Waals surface area contributed by atoms with Gasteiger partial charge in [0.1, 0.15) is 0 Å². The number of rotatable bonds is 2. The number of fused-ring (bicyclic) bond motifs is 3. The molecule has 28 heavy (non-hydrogen) atoms. The van der Waals surface area contributed by atoms with Crippen molar-refractivity contribution in [2.24, 2.45) is 10.9 Å². The van der Waals surface area contributed by atoms with Gasteiger partial charge in [0.15, 0.2) is 11.6 Å². The zero-order valence-corrected chi connectivity index (χ0v) is 14.9. The van der Waals surface area contributed by atoms with Crippen LogP contribution in [-0.4, -0.2) is 22.2 Å². The van der Waals surface area contributed by atoms with Crippen LogP contribution in [0.25, 0.3) is 0 Å². The third-order valence-electron chi connectivity index (χ3n) is 5.84. The molecule has 0 N–H and O–H groups in total. The van der Waals surface area contributed by atoms with Gasteiger partial charge < -0.3 is 0 Å². The average molecular weight is 372 g/mol. The third-order valence-corrected chi connectivity index (χ3v) is 5.84. The molecule has 138 valence electrons. The Balaban J connectivity index is 1.72. The minimum absolute atomic E-state index is 0.0151. The molecule has 2 atom stereocenters. The van der Waals surface area contributed by atoms with E-state index in [4.69, 9.17) is 4.99 Å². The van der Waals surface area contributed by atoms with Gasteiger partial charge in [-0.3, -0.25) is 24.7 Å². The molecule has 1 heterocycles. The van der Waals surface area contributed by atoms with E-state index in [1.165, 1.54) is 12.1 Å². The van der Waals surface area contributed by atoms with Crippen molar-refractivity contribution >= 4 is 23.0 Å².